The number of nitrogen functional groups attached to an aromatic ring is 1. The van der Waals surface area contributed by atoms with E-state index in [1.165, 1.54) is 11.6 Å². The summed E-state index contributed by atoms with van der Waals surface area (Å²) in [7, 11) is 1.53. The summed E-state index contributed by atoms with van der Waals surface area (Å²) in [6.07, 6.45) is 1.02. The van der Waals surface area contributed by atoms with Crippen molar-refractivity contribution in [3.05, 3.63) is 80.5 Å². The molecule has 2 aromatic carbocycles. The molecule has 2 aliphatic carbocycles. The molecule has 1 fully saturated rings. The number of amides is 1. The van der Waals surface area contributed by atoms with Crippen LogP contribution in [0.1, 0.15) is 63.5 Å². The number of ketones is 1. The van der Waals surface area contributed by atoms with Gasteiger partial charge in [0.15, 0.2) is 0 Å². The number of H-pyrrole nitrogens is 1. The Morgan fingerprint density at radius 1 is 1.26 bits per heavy atom. The highest BCUT2D eigenvalue weighted by atomic mass is 16.6. The third-order valence-electron chi connectivity index (χ3n) is 8.43. The number of nitrogens with one attached hydrogen (secondary N) is 2. The van der Waals surface area contributed by atoms with Crippen molar-refractivity contribution in [1.29, 1.82) is 0 Å². The number of hydrogen-bond acceptors (Lipinski definition) is 6. The molecule has 3 aromatic rings. The highest BCUT2D eigenvalue weighted by molar-refractivity contribution is 6.16. The smallest absolute Gasteiger partial charge is 0.326 e. The number of fused-ring (bicyclic) bond motifs is 5. The Bertz CT molecular complexity index is 1540. The number of hydrogen-bond donors (Lipinski definition) is 4. The van der Waals surface area contributed by atoms with Gasteiger partial charge in [-0.2, -0.15) is 0 Å². The van der Waals surface area contributed by atoms with Crippen molar-refractivity contribution in [2.45, 2.75) is 43.9 Å². The first-order chi connectivity index (χ1) is 16.5. The number of Topliss-reactive ketones (excluding diaryl/α,β-unsaturated/α-hetero) is 1. The standard InChI is InChI=1S/C26H26N4O5/c1-12-11-24(12,3)14-8-9-15-18(10-14)35-26(34)16-6-5-7-17(27)19(16)21(31)25(15,26)29-22(32)20-13(2)30(4)23(33)28-20/h5-10,12,34H,11,27H2,1-4H3,(H,28,33)(H,29,32)/t12-,24+,25+,26+/m1/s1. The molecule has 5 N–H and O–H groups in total. The van der Waals surface area contributed by atoms with Crippen LogP contribution in [0.15, 0.2) is 41.2 Å². The van der Waals surface area contributed by atoms with Crippen LogP contribution in [0.25, 0.3) is 0 Å². The van der Waals surface area contributed by atoms with Crippen molar-refractivity contribution in [2.75, 3.05) is 5.73 Å². The number of aromatic nitrogens is 2. The quantitative estimate of drug-likeness (QED) is 0.428. The van der Waals surface area contributed by atoms with Gasteiger partial charge in [0.2, 0.25) is 11.3 Å². The minimum Gasteiger partial charge on any atom is -0.454 e. The Hall–Kier alpha value is -3.85. The van der Waals surface area contributed by atoms with E-state index in [0.717, 1.165) is 12.0 Å². The van der Waals surface area contributed by atoms with Gasteiger partial charge in [-0.25, -0.2) is 4.79 Å². The molecule has 35 heavy (non-hydrogen) atoms. The van der Waals surface area contributed by atoms with Crippen LogP contribution in [-0.2, 0) is 23.8 Å². The minimum absolute atomic E-state index is 0.00432. The Labute approximate surface area is 200 Å². The number of benzene rings is 2. The predicted molar refractivity (Wildman–Crippen MR) is 127 cm³/mol. The lowest BCUT2D eigenvalue weighted by Gasteiger charge is -2.34. The van der Waals surface area contributed by atoms with Crippen molar-refractivity contribution in [3.63, 3.8) is 0 Å². The van der Waals surface area contributed by atoms with E-state index in [9.17, 15) is 19.5 Å². The van der Waals surface area contributed by atoms with Crippen LogP contribution >= 0.6 is 0 Å². The Morgan fingerprint density at radius 3 is 2.60 bits per heavy atom. The molecule has 6 rings (SSSR count). The Balaban J connectivity index is 1.56. The van der Waals surface area contributed by atoms with Gasteiger partial charge in [0, 0.05) is 29.6 Å². The molecule has 3 aliphatic rings. The van der Waals surface area contributed by atoms with Crippen molar-refractivity contribution in [3.8, 4) is 5.75 Å². The molecule has 180 valence electrons. The molecular formula is C26H26N4O5. The number of ether oxygens (including phenoxy) is 1. The lowest BCUT2D eigenvalue weighted by Crippen LogP contribution is -2.60. The van der Waals surface area contributed by atoms with Gasteiger partial charge >= 0.3 is 5.69 Å². The number of carbonyl (C=O) groups is 2. The van der Waals surface area contributed by atoms with E-state index in [1.54, 1.807) is 31.2 Å². The van der Waals surface area contributed by atoms with Crippen molar-refractivity contribution in [2.24, 2.45) is 13.0 Å². The van der Waals surface area contributed by atoms with Crippen molar-refractivity contribution < 1.29 is 19.4 Å². The summed E-state index contributed by atoms with van der Waals surface area (Å²) in [5.74, 6) is -2.69. The average Bonchev–Trinajstić information content (AvgIpc) is 3.16. The summed E-state index contributed by atoms with van der Waals surface area (Å²) in [4.78, 5) is 42.2. The zero-order chi connectivity index (χ0) is 25.1. The zero-order valence-corrected chi connectivity index (χ0v) is 19.9. The van der Waals surface area contributed by atoms with Gasteiger partial charge < -0.3 is 25.9 Å². The van der Waals surface area contributed by atoms with E-state index in [-0.39, 0.29) is 27.9 Å². The molecule has 0 saturated heterocycles. The maximum absolute atomic E-state index is 14.0. The van der Waals surface area contributed by atoms with Gasteiger partial charge in [0.25, 0.3) is 11.7 Å². The van der Waals surface area contributed by atoms with Crippen LogP contribution in [-0.4, -0.2) is 26.3 Å². The van der Waals surface area contributed by atoms with E-state index in [4.69, 9.17) is 10.5 Å². The highest BCUT2D eigenvalue weighted by Crippen LogP contribution is 2.61. The van der Waals surface area contributed by atoms with Crippen LogP contribution in [0.3, 0.4) is 0 Å². The molecule has 0 spiro atoms. The summed E-state index contributed by atoms with van der Waals surface area (Å²) in [5, 5.41) is 14.8. The van der Waals surface area contributed by atoms with Crippen LogP contribution < -0.4 is 21.5 Å². The summed E-state index contributed by atoms with van der Waals surface area (Å²) < 4.78 is 7.45. The SMILES string of the molecule is Cc1c(C(=O)N[C@@]23C(=O)c4c(N)cccc4[C@]2(O)Oc2cc([C@@]4(C)C[C@H]4C)ccc23)[nH]c(=O)n1C. The second-order valence-corrected chi connectivity index (χ2v) is 10.2. The van der Waals surface area contributed by atoms with E-state index < -0.39 is 28.7 Å². The molecule has 2 heterocycles. The summed E-state index contributed by atoms with van der Waals surface area (Å²) in [6, 6.07) is 10.3. The van der Waals surface area contributed by atoms with Gasteiger partial charge in [-0.05, 0) is 42.4 Å². The molecule has 1 aromatic heterocycles. The zero-order valence-electron chi connectivity index (χ0n) is 19.9. The van der Waals surface area contributed by atoms with Gasteiger partial charge in [0.1, 0.15) is 11.4 Å². The second kappa shape index (κ2) is 6.42. The Kier molecular flexibility index (Phi) is 3.98. The lowest BCUT2D eigenvalue weighted by atomic mass is 9.81. The normalized spacial score (nSPS) is 29.9. The molecular weight excluding hydrogens is 448 g/mol. The summed E-state index contributed by atoms with van der Waals surface area (Å²) in [5.41, 5.74) is 5.91. The van der Waals surface area contributed by atoms with Crippen molar-refractivity contribution >= 4 is 17.4 Å². The van der Waals surface area contributed by atoms with E-state index >= 15 is 0 Å². The maximum atomic E-state index is 14.0. The molecule has 9 heteroatoms. The number of rotatable bonds is 3. The molecule has 1 aliphatic heterocycles. The first-order valence-corrected chi connectivity index (χ1v) is 11.5. The molecule has 0 bridgehead atoms. The molecule has 9 nitrogen and oxygen atoms in total. The fourth-order valence-electron chi connectivity index (χ4n) is 5.76. The van der Waals surface area contributed by atoms with Crippen LogP contribution in [0.5, 0.6) is 5.75 Å². The topological polar surface area (TPSA) is 139 Å². The van der Waals surface area contributed by atoms with Gasteiger partial charge in [-0.3, -0.25) is 14.2 Å². The van der Waals surface area contributed by atoms with Crippen LogP contribution in [0, 0.1) is 12.8 Å². The summed E-state index contributed by atoms with van der Waals surface area (Å²) >= 11 is 0. The number of nitrogens with zero attached hydrogens (tertiary/aromatic N) is 1. The predicted octanol–water partition coefficient (Wildman–Crippen LogP) is 1.96. The number of anilines is 1. The molecule has 1 amide bonds. The lowest BCUT2D eigenvalue weighted by molar-refractivity contribution is -0.169. The number of aromatic amines is 1. The maximum Gasteiger partial charge on any atom is 0.326 e. The minimum atomic E-state index is -2.22. The van der Waals surface area contributed by atoms with E-state index in [2.05, 4.69) is 24.1 Å². The molecule has 1 saturated carbocycles. The van der Waals surface area contributed by atoms with Gasteiger partial charge in [-0.1, -0.05) is 38.1 Å². The van der Waals surface area contributed by atoms with Crippen LogP contribution in [0.4, 0.5) is 5.69 Å². The molecule has 0 radical (unpaired) electrons. The fraction of sp³-hybridized carbons (Fsp3) is 0.346. The Morgan fingerprint density at radius 2 is 1.97 bits per heavy atom. The monoisotopic (exact) mass is 474 g/mol. The third-order valence-corrected chi connectivity index (χ3v) is 8.43. The number of imidazole rings is 1. The number of carbonyl (C=O) groups excluding carboxylic acids is 2. The van der Waals surface area contributed by atoms with Crippen molar-refractivity contribution in [1.82, 2.24) is 14.9 Å². The summed E-state index contributed by atoms with van der Waals surface area (Å²) in [6.45, 7) is 5.95. The number of aliphatic hydroxyl groups is 1. The van der Waals surface area contributed by atoms with Gasteiger partial charge in [0.05, 0.1) is 5.56 Å². The first kappa shape index (κ1) is 21.7. The second-order valence-electron chi connectivity index (χ2n) is 10.2. The largest absolute Gasteiger partial charge is 0.454 e. The third kappa shape index (κ3) is 2.43. The van der Waals surface area contributed by atoms with Crippen LogP contribution in [0.2, 0.25) is 0 Å². The highest BCUT2D eigenvalue weighted by Gasteiger charge is 2.72. The molecule has 0 unspecified atom stereocenters. The van der Waals surface area contributed by atoms with E-state index in [1.807, 2.05) is 12.1 Å². The fourth-order valence-corrected chi connectivity index (χ4v) is 5.76. The number of nitrogens with two attached hydrogens (primary N) is 1. The molecule has 4 atom stereocenters. The van der Waals surface area contributed by atoms with Gasteiger partial charge in [-0.15, -0.1) is 0 Å². The first-order valence-electron chi connectivity index (χ1n) is 11.5. The van der Waals surface area contributed by atoms with E-state index in [0.29, 0.717) is 22.9 Å². The average molecular weight is 475 g/mol.